The van der Waals surface area contributed by atoms with E-state index in [1.807, 2.05) is 24.3 Å². The van der Waals surface area contributed by atoms with Crippen LogP contribution in [0.5, 0.6) is 0 Å². The van der Waals surface area contributed by atoms with Gasteiger partial charge in [-0.1, -0.05) is 23.7 Å². The molecule has 0 aromatic heterocycles. The van der Waals surface area contributed by atoms with Gasteiger partial charge in [0.25, 0.3) is 0 Å². The van der Waals surface area contributed by atoms with E-state index in [9.17, 15) is 4.79 Å². The van der Waals surface area contributed by atoms with Gasteiger partial charge in [-0.25, -0.2) is 0 Å². The number of benzene rings is 1. The smallest absolute Gasteiger partial charge is 0.220 e. The Morgan fingerprint density at radius 2 is 1.95 bits per heavy atom. The number of carbonyl (C=O) groups is 1. The number of hydrogen-bond donors (Lipinski definition) is 2. The highest BCUT2D eigenvalue weighted by atomic mass is 35.5. The minimum atomic E-state index is 0.181. The van der Waals surface area contributed by atoms with E-state index in [0.717, 1.165) is 37.4 Å². The van der Waals surface area contributed by atoms with Crippen molar-refractivity contribution in [3.05, 3.63) is 34.9 Å². The average Bonchev–Trinajstić information content (AvgIpc) is 2.42. The standard InChI is InChI=1S/C15H21ClN2O/c16-14-3-1-12(2-4-14)7-10-18-15(19)11-13-5-8-17-9-6-13/h1-4,13,17H,5-11H2,(H,18,19). The summed E-state index contributed by atoms with van der Waals surface area (Å²) in [6.07, 6.45) is 3.76. The molecule has 0 bridgehead atoms. The molecule has 1 heterocycles. The first-order chi connectivity index (χ1) is 9.24. The lowest BCUT2D eigenvalue weighted by atomic mass is 9.94. The first-order valence-electron chi connectivity index (χ1n) is 6.96. The molecular weight excluding hydrogens is 260 g/mol. The number of amides is 1. The Morgan fingerprint density at radius 3 is 2.63 bits per heavy atom. The summed E-state index contributed by atoms with van der Waals surface area (Å²) in [4.78, 5) is 11.8. The summed E-state index contributed by atoms with van der Waals surface area (Å²) in [6, 6.07) is 7.77. The maximum absolute atomic E-state index is 11.8. The van der Waals surface area contributed by atoms with Gasteiger partial charge in [-0.15, -0.1) is 0 Å². The van der Waals surface area contributed by atoms with E-state index in [4.69, 9.17) is 11.6 Å². The molecule has 1 aliphatic rings. The highest BCUT2D eigenvalue weighted by Gasteiger charge is 2.16. The normalized spacial score (nSPS) is 16.3. The topological polar surface area (TPSA) is 41.1 Å². The molecule has 3 nitrogen and oxygen atoms in total. The molecule has 4 heteroatoms. The van der Waals surface area contributed by atoms with Gasteiger partial charge in [0.2, 0.25) is 5.91 Å². The number of nitrogens with one attached hydrogen (secondary N) is 2. The van der Waals surface area contributed by atoms with Crippen LogP contribution in [0.15, 0.2) is 24.3 Å². The quantitative estimate of drug-likeness (QED) is 0.870. The lowest BCUT2D eigenvalue weighted by molar-refractivity contribution is -0.122. The molecule has 1 amide bonds. The summed E-state index contributed by atoms with van der Waals surface area (Å²) in [7, 11) is 0. The van der Waals surface area contributed by atoms with Crippen molar-refractivity contribution in [1.29, 1.82) is 0 Å². The zero-order chi connectivity index (χ0) is 13.5. The summed E-state index contributed by atoms with van der Waals surface area (Å²) in [5.41, 5.74) is 1.20. The van der Waals surface area contributed by atoms with Gasteiger partial charge in [0.1, 0.15) is 0 Å². The maximum Gasteiger partial charge on any atom is 0.220 e. The van der Waals surface area contributed by atoms with Gasteiger partial charge in [-0.3, -0.25) is 4.79 Å². The molecule has 1 fully saturated rings. The third-order valence-electron chi connectivity index (χ3n) is 3.58. The van der Waals surface area contributed by atoms with Crippen LogP contribution in [0, 0.1) is 5.92 Å². The Bertz CT molecular complexity index is 399. The third-order valence-corrected chi connectivity index (χ3v) is 3.83. The Hall–Kier alpha value is -1.06. The van der Waals surface area contributed by atoms with Gasteiger partial charge < -0.3 is 10.6 Å². The predicted molar refractivity (Wildman–Crippen MR) is 78.4 cm³/mol. The monoisotopic (exact) mass is 280 g/mol. The van der Waals surface area contributed by atoms with Crippen LogP contribution in [0.4, 0.5) is 0 Å². The fourth-order valence-electron chi connectivity index (χ4n) is 2.42. The lowest BCUT2D eigenvalue weighted by Gasteiger charge is -2.21. The molecule has 0 spiro atoms. The SMILES string of the molecule is O=C(CC1CCNCC1)NCCc1ccc(Cl)cc1. The van der Waals surface area contributed by atoms with Crippen LogP contribution in [0.1, 0.15) is 24.8 Å². The minimum absolute atomic E-state index is 0.181. The zero-order valence-corrected chi connectivity index (χ0v) is 11.9. The van der Waals surface area contributed by atoms with Crippen LogP contribution in [0.25, 0.3) is 0 Å². The largest absolute Gasteiger partial charge is 0.356 e. The molecule has 1 aromatic carbocycles. The van der Waals surface area contributed by atoms with E-state index in [1.165, 1.54) is 5.56 Å². The Labute approximate surface area is 119 Å². The van der Waals surface area contributed by atoms with Crippen LogP contribution >= 0.6 is 11.6 Å². The van der Waals surface area contributed by atoms with Crippen molar-refractivity contribution in [3.63, 3.8) is 0 Å². The van der Waals surface area contributed by atoms with Crippen molar-refractivity contribution in [2.45, 2.75) is 25.7 Å². The summed E-state index contributed by atoms with van der Waals surface area (Å²) in [5, 5.41) is 7.06. The van der Waals surface area contributed by atoms with Crippen molar-refractivity contribution in [2.24, 2.45) is 5.92 Å². The number of carbonyl (C=O) groups excluding carboxylic acids is 1. The second-order valence-electron chi connectivity index (χ2n) is 5.12. The van der Waals surface area contributed by atoms with E-state index in [0.29, 0.717) is 18.9 Å². The van der Waals surface area contributed by atoms with Crippen LogP contribution in [0.2, 0.25) is 5.02 Å². The zero-order valence-electron chi connectivity index (χ0n) is 11.1. The second-order valence-corrected chi connectivity index (χ2v) is 5.56. The molecule has 104 valence electrons. The fraction of sp³-hybridized carbons (Fsp3) is 0.533. The van der Waals surface area contributed by atoms with Crippen molar-refractivity contribution in [1.82, 2.24) is 10.6 Å². The van der Waals surface area contributed by atoms with E-state index >= 15 is 0 Å². The Balaban J connectivity index is 1.64. The third kappa shape index (κ3) is 5.21. The van der Waals surface area contributed by atoms with E-state index in [-0.39, 0.29) is 5.91 Å². The molecule has 0 atom stereocenters. The first-order valence-corrected chi connectivity index (χ1v) is 7.33. The maximum atomic E-state index is 11.8. The van der Waals surface area contributed by atoms with Crippen LogP contribution < -0.4 is 10.6 Å². The summed E-state index contributed by atoms with van der Waals surface area (Å²) < 4.78 is 0. The molecule has 1 saturated heterocycles. The average molecular weight is 281 g/mol. The van der Waals surface area contributed by atoms with Crippen LogP contribution in [-0.4, -0.2) is 25.5 Å². The van der Waals surface area contributed by atoms with E-state index < -0.39 is 0 Å². The van der Waals surface area contributed by atoms with E-state index in [2.05, 4.69) is 10.6 Å². The van der Waals surface area contributed by atoms with Gasteiger partial charge >= 0.3 is 0 Å². The van der Waals surface area contributed by atoms with Crippen molar-refractivity contribution in [3.8, 4) is 0 Å². The molecule has 2 N–H and O–H groups in total. The molecule has 1 aromatic rings. The minimum Gasteiger partial charge on any atom is -0.356 e. The van der Waals surface area contributed by atoms with Gasteiger partial charge in [0.15, 0.2) is 0 Å². The van der Waals surface area contributed by atoms with Gasteiger partial charge in [0, 0.05) is 18.0 Å². The van der Waals surface area contributed by atoms with Crippen LogP contribution in [0.3, 0.4) is 0 Å². The molecule has 0 radical (unpaired) electrons. The summed E-state index contributed by atoms with van der Waals surface area (Å²) in [6.45, 7) is 2.79. The lowest BCUT2D eigenvalue weighted by Crippen LogP contribution is -2.33. The van der Waals surface area contributed by atoms with Crippen molar-refractivity contribution in [2.75, 3.05) is 19.6 Å². The number of hydrogen-bond acceptors (Lipinski definition) is 2. The molecule has 1 aliphatic heterocycles. The second kappa shape index (κ2) is 7.51. The fourth-order valence-corrected chi connectivity index (χ4v) is 2.54. The number of halogens is 1. The number of rotatable bonds is 5. The van der Waals surface area contributed by atoms with Gasteiger partial charge in [-0.2, -0.15) is 0 Å². The summed E-state index contributed by atoms with van der Waals surface area (Å²) >= 11 is 5.83. The van der Waals surface area contributed by atoms with Crippen molar-refractivity contribution >= 4 is 17.5 Å². The molecule has 19 heavy (non-hydrogen) atoms. The van der Waals surface area contributed by atoms with Crippen LogP contribution in [-0.2, 0) is 11.2 Å². The van der Waals surface area contributed by atoms with Gasteiger partial charge in [0.05, 0.1) is 0 Å². The molecule has 2 rings (SSSR count). The van der Waals surface area contributed by atoms with E-state index in [1.54, 1.807) is 0 Å². The highest BCUT2D eigenvalue weighted by molar-refractivity contribution is 6.30. The molecule has 0 aliphatic carbocycles. The molecule has 0 unspecified atom stereocenters. The predicted octanol–water partition coefficient (Wildman–Crippen LogP) is 2.39. The highest BCUT2D eigenvalue weighted by Crippen LogP contribution is 2.15. The first kappa shape index (κ1) is 14.4. The number of piperidine rings is 1. The Kier molecular flexibility index (Phi) is 5.67. The Morgan fingerprint density at radius 1 is 1.26 bits per heavy atom. The van der Waals surface area contributed by atoms with Crippen molar-refractivity contribution < 1.29 is 4.79 Å². The van der Waals surface area contributed by atoms with Gasteiger partial charge in [-0.05, 0) is 56.0 Å². The molecular formula is C15H21ClN2O. The molecule has 0 saturated carbocycles. The summed E-state index contributed by atoms with van der Waals surface area (Å²) in [5.74, 6) is 0.734.